The third-order valence-electron chi connectivity index (χ3n) is 8.05. The van der Waals surface area contributed by atoms with E-state index >= 15 is 0 Å². The maximum atomic E-state index is 12.9. The summed E-state index contributed by atoms with van der Waals surface area (Å²) in [6.07, 6.45) is -6.66. The van der Waals surface area contributed by atoms with Gasteiger partial charge >= 0.3 is 12.7 Å². The van der Waals surface area contributed by atoms with E-state index in [1.54, 1.807) is 43.0 Å². The molecular formula is C40H40F6I2N4O8S2. The summed E-state index contributed by atoms with van der Waals surface area (Å²) in [5, 5.41) is 10.7. The van der Waals surface area contributed by atoms with Gasteiger partial charge in [-0.05, 0) is 151 Å². The monoisotopic (exact) mass is 1140 g/mol. The van der Waals surface area contributed by atoms with Gasteiger partial charge in [0, 0.05) is 42.6 Å². The lowest BCUT2D eigenvalue weighted by Crippen LogP contribution is -2.38. The number of halogens is 8. The number of ether oxygens (including phenoxy) is 2. The molecule has 2 atom stereocenters. The van der Waals surface area contributed by atoms with Crippen molar-refractivity contribution >= 4 is 102 Å². The van der Waals surface area contributed by atoms with E-state index < -0.39 is 52.1 Å². The molecule has 4 rings (SSSR count). The average Bonchev–Trinajstić information content (AvgIpc) is 3.11. The summed E-state index contributed by atoms with van der Waals surface area (Å²) in [7, 11) is -3.32. The molecule has 0 saturated carbocycles. The van der Waals surface area contributed by atoms with Crippen LogP contribution in [0.3, 0.4) is 0 Å². The van der Waals surface area contributed by atoms with Crippen molar-refractivity contribution in [2.24, 2.45) is 0 Å². The molecule has 0 bridgehead atoms. The van der Waals surface area contributed by atoms with Gasteiger partial charge in [-0.15, -0.1) is 26.3 Å². The number of thioether (sulfide) groups is 1. The lowest BCUT2D eigenvalue weighted by molar-refractivity contribution is -0.275. The predicted molar refractivity (Wildman–Crippen MR) is 242 cm³/mol. The minimum Gasteiger partial charge on any atom is -0.406 e. The molecular weight excluding hydrogens is 1100 g/mol. The zero-order valence-electron chi connectivity index (χ0n) is 33.6. The number of anilines is 2. The highest BCUT2D eigenvalue weighted by Crippen LogP contribution is 2.29. The lowest BCUT2D eigenvalue weighted by atomic mass is 10.1. The molecule has 0 heterocycles. The first-order valence-electron chi connectivity index (χ1n) is 17.9. The molecule has 336 valence electrons. The first-order chi connectivity index (χ1) is 28.7. The average molecular weight is 1140 g/mol. The van der Waals surface area contributed by atoms with Gasteiger partial charge in [0.1, 0.15) is 21.3 Å². The topological polar surface area (TPSA) is 169 Å². The summed E-state index contributed by atoms with van der Waals surface area (Å²) in [5.74, 6) is -2.53. The molecule has 0 aliphatic carbocycles. The second-order valence-electron chi connectivity index (χ2n) is 13.6. The van der Waals surface area contributed by atoms with Crippen LogP contribution in [0.15, 0.2) is 72.8 Å². The summed E-state index contributed by atoms with van der Waals surface area (Å²) in [6.45, 7) is 6.44. The first-order valence-corrected chi connectivity index (χ1v) is 23.5. The largest absolute Gasteiger partial charge is 0.573 e. The van der Waals surface area contributed by atoms with Crippen LogP contribution in [0.2, 0.25) is 0 Å². The van der Waals surface area contributed by atoms with E-state index in [1.807, 2.05) is 58.4 Å². The molecule has 0 saturated heterocycles. The van der Waals surface area contributed by atoms with E-state index in [0.717, 1.165) is 30.2 Å². The molecule has 4 aromatic rings. The maximum absolute atomic E-state index is 12.9. The minimum atomic E-state index is -4.84. The van der Waals surface area contributed by atoms with Crippen molar-refractivity contribution in [2.75, 3.05) is 34.7 Å². The Bertz CT molecular complexity index is 2400. The molecule has 0 aliphatic rings. The van der Waals surface area contributed by atoms with E-state index in [4.69, 9.17) is 0 Å². The Morgan fingerprint density at radius 2 is 1.05 bits per heavy atom. The third-order valence-corrected chi connectivity index (χ3v) is 11.8. The van der Waals surface area contributed by atoms with Gasteiger partial charge in [-0.25, -0.2) is 8.42 Å². The number of hydrogen-bond donors (Lipinski definition) is 4. The smallest absolute Gasteiger partial charge is 0.406 e. The van der Waals surface area contributed by atoms with Crippen molar-refractivity contribution in [3.8, 4) is 11.5 Å². The Balaban J connectivity index is 0.000000331. The Kier molecular flexibility index (Phi) is 18.8. The Morgan fingerprint density at radius 1 is 0.661 bits per heavy atom. The van der Waals surface area contributed by atoms with Crippen molar-refractivity contribution in [2.45, 2.75) is 52.5 Å². The lowest BCUT2D eigenvalue weighted by Gasteiger charge is -2.17. The van der Waals surface area contributed by atoms with Crippen LogP contribution in [-0.4, -0.2) is 80.9 Å². The van der Waals surface area contributed by atoms with Crippen LogP contribution in [-0.2, 0) is 9.84 Å². The van der Waals surface area contributed by atoms with Crippen LogP contribution in [0.5, 0.6) is 11.5 Å². The number of aryl methyl sites for hydroxylation is 2. The molecule has 62 heavy (non-hydrogen) atoms. The zero-order chi connectivity index (χ0) is 46.7. The number of sulfone groups is 1. The van der Waals surface area contributed by atoms with Crippen LogP contribution in [0, 0.1) is 21.0 Å². The Hall–Kier alpha value is -4.30. The zero-order valence-corrected chi connectivity index (χ0v) is 39.6. The van der Waals surface area contributed by atoms with Crippen molar-refractivity contribution < 1.29 is 63.4 Å². The molecule has 0 aliphatic heterocycles. The van der Waals surface area contributed by atoms with Gasteiger partial charge in [-0.3, -0.25) is 19.2 Å². The maximum Gasteiger partial charge on any atom is 0.573 e. The first kappa shape index (κ1) is 52.0. The summed E-state index contributed by atoms with van der Waals surface area (Å²) in [4.78, 5) is 51.2. The number of carbonyl (C=O) groups is 4. The van der Waals surface area contributed by atoms with E-state index in [9.17, 15) is 53.9 Å². The number of rotatable bonds is 14. The molecule has 4 N–H and O–H groups in total. The van der Waals surface area contributed by atoms with Crippen LogP contribution in [0.25, 0.3) is 0 Å². The van der Waals surface area contributed by atoms with Crippen LogP contribution < -0.4 is 30.7 Å². The number of carbonyl (C=O) groups excluding carboxylic acids is 4. The van der Waals surface area contributed by atoms with Gasteiger partial charge in [-0.2, -0.15) is 11.8 Å². The van der Waals surface area contributed by atoms with E-state index in [0.29, 0.717) is 24.0 Å². The standard InChI is InChI=1S/C20H20F3IN2O5S.C20H20F3IN2O3S/c1-11-9-13(31-20(21,22)23)7-8-16(11)26-18(27)14-5-4-6-15(24)17(14)19(28)25-12(2)10-32(3,29)30;1-11-9-13(29-20(21,22)23)7-8-16(11)26-18(27)14-5-4-6-15(24)17(14)19(28)25-12(2)10-30-3/h4-9,12H,10H2,1-3H3,(H,25,28)(H,26,27);4-9,12H,10H2,1-3H3,(H,25,28)(H,26,27)/t2*12-/m00/s1. The fourth-order valence-corrected chi connectivity index (χ4v) is 8.66. The highest BCUT2D eigenvalue weighted by atomic mass is 127. The number of hydrogen-bond acceptors (Lipinski definition) is 9. The quantitative estimate of drug-likeness (QED) is 0.0711. The van der Waals surface area contributed by atoms with Crippen LogP contribution in [0.4, 0.5) is 37.7 Å². The molecule has 0 radical (unpaired) electrons. The van der Waals surface area contributed by atoms with E-state index in [2.05, 4.69) is 30.7 Å². The van der Waals surface area contributed by atoms with Gasteiger partial charge in [0.15, 0.2) is 0 Å². The van der Waals surface area contributed by atoms with Crippen molar-refractivity contribution in [3.63, 3.8) is 0 Å². The summed E-state index contributed by atoms with van der Waals surface area (Å²) in [5.41, 5.74) is 1.75. The third kappa shape index (κ3) is 16.8. The fraction of sp³-hybridized carbons (Fsp3) is 0.300. The second-order valence-corrected chi connectivity index (χ2v) is 19.0. The van der Waals surface area contributed by atoms with Crippen LogP contribution >= 0.6 is 56.9 Å². The van der Waals surface area contributed by atoms with Crippen molar-refractivity contribution in [3.05, 3.63) is 113 Å². The summed E-state index contributed by atoms with van der Waals surface area (Å²) < 4.78 is 106. The van der Waals surface area contributed by atoms with Crippen molar-refractivity contribution in [1.82, 2.24) is 10.6 Å². The number of amides is 4. The van der Waals surface area contributed by atoms with E-state index in [-0.39, 0.29) is 51.4 Å². The molecule has 0 fully saturated rings. The minimum absolute atomic E-state index is 0.0240. The Labute approximate surface area is 385 Å². The van der Waals surface area contributed by atoms with E-state index in [1.165, 1.54) is 44.2 Å². The van der Waals surface area contributed by atoms with Crippen molar-refractivity contribution in [1.29, 1.82) is 0 Å². The molecule has 12 nitrogen and oxygen atoms in total. The molecule has 4 aromatic carbocycles. The number of alkyl halides is 6. The number of benzene rings is 4. The van der Waals surface area contributed by atoms with Gasteiger partial charge in [0.25, 0.3) is 23.6 Å². The van der Waals surface area contributed by atoms with Gasteiger partial charge in [-0.1, -0.05) is 12.1 Å². The summed E-state index contributed by atoms with van der Waals surface area (Å²) >= 11 is 5.46. The molecule has 22 heteroatoms. The van der Waals surface area contributed by atoms with Gasteiger partial charge < -0.3 is 30.7 Å². The highest BCUT2D eigenvalue weighted by molar-refractivity contribution is 14.1. The number of nitrogens with one attached hydrogen (secondary N) is 4. The predicted octanol–water partition coefficient (Wildman–Crippen LogP) is 9.15. The SMILES string of the molecule is CSC[C@H](C)NC(=O)c1c(I)cccc1C(=O)Nc1ccc(OC(F)(F)F)cc1C.Cc1cc(OC(F)(F)F)ccc1NC(=O)c1cccc(I)c1C(=O)N[C@@H](C)CS(C)(=O)=O. The molecule has 0 spiro atoms. The highest BCUT2D eigenvalue weighted by Gasteiger charge is 2.32. The summed E-state index contributed by atoms with van der Waals surface area (Å²) in [6, 6.07) is 15.8. The molecule has 0 unspecified atom stereocenters. The van der Waals surface area contributed by atoms with Crippen LogP contribution in [0.1, 0.15) is 66.4 Å². The van der Waals surface area contributed by atoms with Gasteiger partial charge in [0.2, 0.25) is 0 Å². The fourth-order valence-electron chi connectivity index (χ4n) is 5.59. The second kappa shape index (κ2) is 22.4. The Morgan fingerprint density at radius 3 is 1.39 bits per heavy atom. The molecule has 0 aromatic heterocycles. The van der Waals surface area contributed by atoms with Gasteiger partial charge in [0.05, 0.1) is 28.0 Å². The normalized spacial score (nSPS) is 12.5. The molecule has 4 amide bonds.